The molecule has 0 fully saturated rings. The van der Waals surface area contributed by atoms with Gasteiger partial charge < -0.3 is 0 Å². The van der Waals surface area contributed by atoms with Crippen molar-refractivity contribution < 1.29 is 30.0 Å². The van der Waals surface area contributed by atoms with E-state index in [9.17, 15) is 30.0 Å². The molecule has 1 nitrogen and oxygen atoms in total. The number of Topliss-reactive ketones (excluding diaryl/α,β-unsaturated/α-hetero) is 1. The molecule has 1 atom stereocenters. The van der Waals surface area contributed by atoms with E-state index < -0.39 is 7.81 Å². The zero-order chi connectivity index (χ0) is 25.8. The van der Waals surface area contributed by atoms with Gasteiger partial charge in [0.15, 0.2) is 5.78 Å². The van der Waals surface area contributed by atoms with Gasteiger partial charge >= 0.3 is 33.0 Å². The molecule has 0 aromatic heterocycles. The first-order valence-electron chi connectivity index (χ1n) is 10.5. The van der Waals surface area contributed by atoms with Crippen molar-refractivity contribution in [2.45, 2.75) is 0 Å². The molecule has 0 amide bonds. The van der Waals surface area contributed by atoms with Gasteiger partial charge in [-0.05, 0) is 43.1 Å². The summed E-state index contributed by atoms with van der Waals surface area (Å²) in [5.74, 6) is 0.175. The standard InChI is InChI=1S/C26H21OP.F6P/c27-24(18-28)23-17-16-22(19-10-4-1-5-11-19)25(20-12-6-2-7-13-20)26(23)21-14-8-3-9-15-21;1-7(2,3,4,5)6/h1-17H,18,28H2;/q;-1/p+1. The number of hydrogen-bond acceptors (Lipinski definition) is 1. The van der Waals surface area contributed by atoms with Gasteiger partial charge in [-0.15, -0.1) is 0 Å². The maximum absolute atomic E-state index is 12.8. The molecule has 0 N–H and O–H groups in total. The maximum Gasteiger partial charge on any atom is 0.199 e. The Hall–Kier alpha value is -3.01. The number of halogens is 6. The Bertz CT molecular complexity index is 1300. The summed E-state index contributed by atoms with van der Waals surface area (Å²) in [6, 6.07) is 35.1. The molecule has 4 aromatic rings. The van der Waals surface area contributed by atoms with Crippen LogP contribution in [-0.4, -0.2) is 11.9 Å². The molecule has 0 bridgehead atoms. The maximum atomic E-state index is 12.8. The van der Waals surface area contributed by atoms with E-state index >= 15 is 0 Å². The van der Waals surface area contributed by atoms with Crippen molar-refractivity contribution >= 4 is 22.8 Å². The van der Waals surface area contributed by atoms with Crippen LogP contribution < -0.4 is 0 Å². The van der Waals surface area contributed by atoms with Gasteiger partial charge in [0, 0.05) is 11.1 Å². The van der Waals surface area contributed by atoms with Crippen LogP contribution in [0.15, 0.2) is 103 Å². The Balaban J connectivity index is 0.000000429. The van der Waals surface area contributed by atoms with Crippen LogP contribution in [0.4, 0.5) is 25.2 Å². The molecule has 1 unspecified atom stereocenters. The minimum atomic E-state index is -10.7. The summed E-state index contributed by atoms with van der Waals surface area (Å²) < 4.78 is 59.2. The fraction of sp³-hybridized carbons (Fsp3) is 0.0385. The molecule has 0 aliphatic carbocycles. The van der Waals surface area contributed by atoms with E-state index in [0.29, 0.717) is 6.16 Å². The number of benzene rings is 4. The van der Waals surface area contributed by atoms with Gasteiger partial charge in [-0.2, -0.15) is 0 Å². The van der Waals surface area contributed by atoms with Gasteiger partial charge in [0.2, 0.25) is 0 Å². The number of rotatable bonds is 5. The first-order chi connectivity index (χ1) is 16.2. The summed E-state index contributed by atoms with van der Waals surface area (Å²) in [6.45, 7) is 0. The SMILES string of the molecule is F[P-](F)(F)(F)(F)F.O=C(C[PH3+])c1ccc(-c2ccccc2)c(-c2ccccc2)c1-c1ccccc1. The van der Waals surface area contributed by atoms with Crippen molar-refractivity contribution in [1.29, 1.82) is 0 Å². The molecule has 9 heteroatoms. The van der Waals surface area contributed by atoms with Crippen molar-refractivity contribution in [3.8, 4) is 33.4 Å². The summed E-state index contributed by atoms with van der Waals surface area (Å²) >= 11 is 0. The van der Waals surface area contributed by atoms with Crippen LogP contribution in [0.25, 0.3) is 33.4 Å². The third-order valence-electron chi connectivity index (χ3n) is 4.94. The largest absolute Gasteiger partial charge is 0.290 e. The van der Waals surface area contributed by atoms with E-state index in [1.54, 1.807) is 9.24 Å². The van der Waals surface area contributed by atoms with Crippen molar-refractivity contribution in [1.82, 2.24) is 0 Å². The number of hydrogen-bond donors (Lipinski definition) is 0. The number of carbonyl (C=O) groups excluding carboxylic acids is 1. The van der Waals surface area contributed by atoms with Crippen molar-refractivity contribution in [3.63, 3.8) is 0 Å². The Morgan fingerprint density at radius 3 is 1.34 bits per heavy atom. The molecular weight excluding hydrogens is 504 g/mol. The van der Waals surface area contributed by atoms with E-state index in [1.165, 1.54) is 0 Å². The molecule has 4 aromatic carbocycles. The fourth-order valence-corrected chi connectivity index (χ4v) is 3.91. The minimum absolute atomic E-state index is 0.175. The van der Waals surface area contributed by atoms with Gasteiger partial charge in [0.1, 0.15) is 6.16 Å². The molecule has 184 valence electrons. The first-order valence-corrected chi connectivity index (χ1v) is 13.5. The second-order valence-corrected chi connectivity index (χ2v) is 10.1. The van der Waals surface area contributed by atoms with E-state index in [1.807, 2.05) is 36.4 Å². The Kier molecular flexibility index (Phi) is 7.26. The zero-order valence-electron chi connectivity index (χ0n) is 18.4. The molecule has 0 saturated heterocycles. The van der Waals surface area contributed by atoms with Gasteiger partial charge in [0.05, 0.1) is 0 Å². The third kappa shape index (κ3) is 8.31. The second-order valence-electron chi connectivity index (χ2n) is 7.64. The van der Waals surface area contributed by atoms with E-state index in [0.717, 1.165) is 38.9 Å². The van der Waals surface area contributed by atoms with Crippen LogP contribution in [-0.2, 0) is 0 Å². The fourth-order valence-electron chi connectivity index (χ4n) is 3.64. The molecule has 0 radical (unpaired) electrons. The van der Waals surface area contributed by atoms with Crippen LogP contribution in [0.2, 0.25) is 0 Å². The molecule has 4 rings (SSSR count). The summed E-state index contributed by atoms with van der Waals surface area (Å²) in [6.07, 6.45) is 0.513. The summed E-state index contributed by atoms with van der Waals surface area (Å²) in [5, 5.41) is 0. The average Bonchev–Trinajstić information content (AvgIpc) is 2.82. The molecule has 35 heavy (non-hydrogen) atoms. The van der Waals surface area contributed by atoms with Crippen molar-refractivity contribution in [3.05, 3.63) is 109 Å². The third-order valence-corrected chi connectivity index (χ3v) is 5.40. The molecule has 0 spiro atoms. The first kappa shape index (κ1) is 26.6. The Labute approximate surface area is 201 Å². The van der Waals surface area contributed by atoms with Gasteiger partial charge in [0.25, 0.3) is 0 Å². The van der Waals surface area contributed by atoms with Crippen molar-refractivity contribution in [2.24, 2.45) is 0 Å². The molecule has 0 aliphatic heterocycles. The summed E-state index contributed by atoms with van der Waals surface area (Å²) in [5.41, 5.74) is 7.40. The van der Waals surface area contributed by atoms with Crippen LogP contribution in [0.3, 0.4) is 0 Å². The number of ketones is 1. The topological polar surface area (TPSA) is 17.1 Å². The average molecular weight is 526 g/mol. The van der Waals surface area contributed by atoms with Gasteiger partial charge in [-0.3, -0.25) is 4.79 Å². The van der Waals surface area contributed by atoms with E-state index in [2.05, 4.69) is 66.7 Å². The Morgan fingerprint density at radius 2 is 0.943 bits per heavy atom. The van der Waals surface area contributed by atoms with Crippen LogP contribution in [0.1, 0.15) is 10.4 Å². The predicted molar refractivity (Wildman–Crippen MR) is 137 cm³/mol. The van der Waals surface area contributed by atoms with Gasteiger partial charge in [-0.1, -0.05) is 97.1 Å². The molecular formula is C26H22F6OP2. The van der Waals surface area contributed by atoms with Crippen LogP contribution >= 0.6 is 17.0 Å². The van der Waals surface area contributed by atoms with E-state index in [-0.39, 0.29) is 5.78 Å². The summed E-state index contributed by atoms with van der Waals surface area (Å²) in [7, 11) is -8.95. The van der Waals surface area contributed by atoms with Crippen LogP contribution in [0, 0.1) is 0 Å². The van der Waals surface area contributed by atoms with Crippen LogP contribution in [0.5, 0.6) is 0 Å². The predicted octanol–water partition coefficient (Wildman–Crippen LogP) is 9.86. The summed E-state index contributed by atoms with van der Waals surface area (Å²) in [4.78, 5) is 12.8. The van der Waals surface area contributed by atoms with Crippen molar-refractivity contribution in [2.75, 3.05) is 6.16 Å². The van der Waals surface area contributed by atoms with Gasteiger partial charge in [-0.25, -0.2) is 0 Å². The molecule has 0 heterocycles. The van der Waals surface area contributed by atoms with E-state index in [4.69, 9.17) is 0 Å². The minimum Gasteiger partial charge on any atom is -0.290 e. The Morgan fingerprint density at radius 1 is 0.571 bits per heavy atom. The molecule has 0 aliphatic rings. The second kappa shape index (κ2) is 9.56. The smallest absolute Gasteiger partial charge is 0.199 e. The monoisotopic (exact) mass is 526 g/mol. The molecule has 0 saturated carbocycles. The zero-order valence-corrected chi connectivity index (χ0v) is 20.7. The quantitative estimate of drug-likeness (QED) is 0.144. The normalized spacial score (nSPS) is 13.2. The number of carbonyl (C=O) groups is 1.